The molecular formula is C17H21F2NO2. The fraction of sp³-hybridized carbons (Fsp3) is 0.588. The number of hydrogen-bond acceptors (Lipinski definition) is 2. The summed E-state index contributed by atoms with van der Waals surface area (Å²) in [6, 6.07) is 6.29. The van der Waals surface area contributed by atoms with Crippen molar-refractivity contribution in [3.05, 3.63) is 29.8 Å². The summed E-state index contributed by atoms with van der Waals surface area (Å²) < 4.78 is 28.9. The average molecular weight is 309 g/mol. The molecule has 0 heterocycles. The summed E-state index contributed by atoms with van der Waals surface area (Å²) >= 11 is 0. The Balaban J connectivity index is 1.61. The van der Waals surface area contributed by atoms with Crippen LogP contribution >= 0.6 is 0 Å². The Kier molecular flexibility index (Phi) is 4.32. The fourth-order valence-electron chi connectivity index (χ4n) is 3.93. The molecule has 2 saturated carbocycles. The summed E-state index contributed by atoms with van der Waals surface area (Å²) in [4.78, 5) is 12.4. The van der Waals surface area contributed by atoms with E-state index in [2.05, 4.69) is 10.1 Å². The maximum Gasteiger partial charge on any atom is 0.387 e. The first-order valence-corrected chi connectivity index (χ1v) is 7.88. The van der Waals surface area contributed by atoms with Gasteiger partial charge in [-0.2, -0.15) is 8.78 Å². The number of fused-ring (bicyclic) bond motifs is 2. The molecule has 3 rings (SSSR count). The second kappa shape index (κ2) is 6.23. The maximum atomic E-state index is 12.4. The number of ether oxygens (including phenoxy) is 1. The molecule has 0 unspecified atom stereocenters. The van der Waals surface area contributed by atoms with Gasteiger partial charge < -0.3 is 10.1 Å². The second-order valence-electron chi connectivity index (χ2n) is 6.46. The molecule has 0 aliphatic heterocycles. The van der Waals surface area contributed by atoms with E-state index in [9.17, 15) is 13.6 Å². The van der Waals surface area contributed by atoms with E-state index in [1.165, 1.54) is 18.9 Å². The first-order valence-electron chi connectivity index (χ1n) is 7.88. The lowest BCUT2D eigenvalue weighted by atomic mass is 9.88. The Hall–Kier alpha value is -1.65. The average Bonchev–Trinajstić information content (AvgIpc) is 3.09. The highest BCUT2D eigenvalue weighted by molar-refractivity contribution is 5.80. The molecule has 0 saturated heterocycles. The molecule has 4 atom stereocenters. The summed E-state index contributed by atoms with van der Waals surface area (Å²) in [6.07, 6.45) is 4.60. The lowest BCUT2D eigenvalue weighted by molar-refractivity contribution is -0.127. The van der Waals surface area contributed by atoms with Crippen LogP contribution in [0.3, 0.4) is 0 Å². The molecule has 2 aliphatic rings. The van der Waals surface area contributed by atoms with E-state index in [0.717, 1.165) is 24.3 Å². The largest absolute Gasteiger partial charge is 0.435 e. The molecule has 5 heteroatoms. The van der Waals surface area contributed by atoms with Crippen molar-refractivity contribution in [3.8, 4) is 5.75 Å². The standard InChI is InChI=1S/C17H21F2NO2/c1-10(12-3-2-4-14(9-12)22-17(18)19)20-16(21)15-8-11-5-6-13(15)7-11/h2-4,9-11,13,15,17H,5-8H2,1H3,(H,20,21)/t10-,11-,13-,15+/m1/s1. The number of amides is 1. The third-order valence-corrected chi connectivity index (χ3v) is 5.02. The first kappa shape index (κ1) is 15.3. The number of hydrogen-bond donors (Lipinski definition) is 1. The van der Waals surface area contributed by atoms with Crippen molar-refractivity contribution in [2.45, 2.75) is 45.3 Å². The lowest BCUT2D eigenvalue weighted by Crippen LogP contribution is -2.35. The van der Waals surface area contributed by atoms with Crippen molar-refractivity contribution in [3.63, 3.8) is 0 Å². The molecule has 0 spiro atoms. The predicted octanol–water partition coefficient (Wildman–Crippen LogP) is 3.90. The normalized spacial score (nSPS) is 27.9. The van der Waals surface area contributed by atoms with Crippen LogP contribution in [0.15, 0.2) is 24.3 Å². The summed E-state index contributed by atoms with van der Waals surface area (Å²) in [7, 11) is 0. The number of carbonyl (C=O) groups is 1. The van der Waals surface area contributed by atoms with Gasteiger partial charge in [-0.25, -0.2) is 0 Å². The van der Waals surface area contributed by atoms with E-state index in [1.54, 1.807) is 12.1 Å². The van der Waals surface area contributed by atoms with E-state index in [0.29, 0.717) is 5.92 Å². The van der Waals surface area contributed by atoms with Crippen LogP contribution in [0.1, 0.15) is 44.2 Å². The fourth-order valence-corrected chi connectivity index (χ4v) is 3.93. The summed E-state index contributed by atoms with van der Waals surface area (Å²) in [5.74, 6) is 1.60. The van der Waals surface area contributed by atoms with E-state index >= 15 is 0 Å². The number of rotatable bonds is 5. The number of benzene rings is 1. The van der Waals surface area contributed by atoms with Crippen LogP contribution < -0.4 is 10.1 Å². The van der Waals surface area contributed by atoms with E-state index in [4.69, 9.17) is 0 Å². The van der Waals surface area contributed by atoms with Crippen molar-refractivity contribution in [1.29, 1.82) is 0 Å². The monoisotopic (exact) mass is 309 g/mol. The van der Waals surface area contributed by atoms with Crippen LogP contribution in [-0.4, -0.2) is 12.5 Å². The Labute approximate surface area is 129 Å². The molecule has 0 aromatic heterocycles. The Morgan fingerprint density at radius 1 is 1.32 bits per heavy atom. The minimum atomic E-state index is -2.84. The molecule has 1 N–H and O–H groups in total. The minimum absolute atomic E-state index is 0.0971. The Bertz CT molecular complexity index is 549. The van der Waals surface area contributed by atoms with Gasteiger partial charge in [0.2, 0.25) is 5.91 Å². The molecule has 3 nitrogen and oxygen atoms in total. The lowest BCUT2D eigenvalue weighted by Gasteiger charge is -2.23. The predicted molar refractivity (Wildman–Crippen MR) is 78.6 cm³/mol. The highest BCUT2D eigenvalue weighted by Gasteiger charge is 2.43. The number of carbonyl (C=O) groups excluding carboxylic acids is 1. The van der Waals surface area contributed by atoms with Crippen LogP contribution in [0.5, 0.6) is 5.75 Å². The van der Waals surface area contributed by atoms with Gasteiger partial charge in [0.15, 0.2) is 0 Å². The van der Waals surface area contributed by atoms with Crippen LogP contribution in [-0.2, 0) is 4.79 Å². The molecule has 2 aliphatic carbocycles. The second-order valence-corrected chi connectivity index (χ2v) is 6.46. The highest BCUT2D eigenvalue weighted by Crippen LogP contribution is 2.48. The van der Waals surface area contributed by atoms with Crippen molar-refractivity contribution >= 4 is 5.91 Å². The number of alkyl halides is 2. The topological polar surface area (TPSA) is 38.3 Å². The van der Waals surface area contributed by atoms with Gasteiger partial charge in [-0.15, -0.1) is 0 Å². The van der Waals surface area contributed by atoms with Crippen LogP contribution in [0.25, 0.3) is 0 Å². The number of halogens is 2. The van der Waals surface area contributed by atoms with Gasteiger partial charge in [-0.3, -0.25) is 4.79 Å². The molecule has 22 heavy (non-hydrogen) atoms. The maximum absolute atomic E-state index is 12.4. The Morgan fingerprint density at radius 2 is 2.14 bits per heavy atom. The third-order valence-electron chi connectivity index (χ3n) is 5.02. The summed E-state index contributed by atoms with van der Waals surface area (Å²) in [6.45, 7) is -0.971. The zero-order valence-electron chi connectivity index (χ0n) is 12.6. The zero-order valence-corrected chi connectivity index (χ0v) is 12.6. The Morgan fingerprint density at radius 3 is 2.77 bits per heavy atom. The SMILES string of the molecule is C[C@@H](NC(=O)[C@H]1C[C@@H]2CC[C@@H]1C2)c1cccc(OC(F)F)c1. The molecule has 2 fully saturated rings. The van der Waals surface area contributed by atoms with Crippen molar-refractivity contribution in [2.75, 3.05) is 0 Å². The van der Waals surface area contributed by atoms with Crippen LogP contribution in [0, 0.1) is 17.8 Å². The van der Waals surface area contributed by atoms with Crippen molar-refractivity contribution in [2.24, 2.45) is 17.8 Å². The molecule has 2 bridgehead atoms. The van der Waals surface area contributed by atoms with Gasteiger partial charge in [0, 0.05) is 5.92 Å². The van der Waals surface area contributed by atoms with Gasteiger partial charge >= 0.3 is 6.61 Å². The van der Waals surface area contributed by atoms with Crippen LogP contribution in [0.4, 0.5) is 8.78 Å². The molecule has 120 valence electrons. The minimum Gasteiger partial charge on any atom is -0.435 e. The van der Waals surface area contributed by atoms with E-state index < -0.39 is 6.61 Å². The molecule has 1 aromatic carbocycles. The van der Waals surface area contributed by atoms with Gasteiger partial charge in [0.05, 0.1) is 6.04 Å². The van der Waals surface area contributed by atoms with E-state index in [-0.39, 0.29) is 23.6 Å². The van der Waals surface area contributed by atoms with Gasteiger partial charge in [-0.1, -0.05) is 18.6 Å². The van der Waals surface area contributed by atoms with Gasteiger partial charge in [-0.05, 0) is 55.7 Å². The third kappa shape index (κ3) is 3.23. The molecular weight excluding hydrogens is 288 g/mol. The smallest absolute Gasteiger partial charge is 0.387 e. The summed E-state index contributed by atoms with van der Waals surface area (Å²) in [5, 5.41) is 3.02. The van der Waals surface area contributed by atoms with Gasteiger partial charge in [0.1, 0.15) is 5.75 Å². The highest BCUT2D eigenvalue weighted by atomic mass is 19.3. The molecule has 1 aromatic rings. The quantitative estimate of drug-likeness (QED) is 0.896. The van der Waals surface area contributed by atoms with E-state index in [1.807, 2.05) is 13.0 Å². The molecule has 1 amide bonds. The summed E-state index contributed by atoms with van der Waals surface area (Å²) in [5.41, 5.74) is 0.773. The van der Waals surface area contributed by atoms with Crippen LogP contribution in [0.2, 0.25) is 0 Å². The molecule has 0 radical (unpaired) electrons. The zero-order chi connectivity index (χ0) is 15.7. The number of nitrogens with one attached hydrogen (secondary N) is 1. The first-order chi connectivity index (χ1) is 10.5. The van der Waals surface area contributed by atoms with Crippen molar-refractivity contribution < 1.29 is 18.3 Å². The van der Waals surface area contributed by atoms with Crippen molar-refractivity contribution in [1.82, 2.24) is 5.32 Å². The van der Waals surface area contributed by atoms with Gasteiger partial charge in [0.25, 0.3) is 0 Å².